The highest BCUT2D eigenvalue weighted by atomic mass is 32.1. The lowest BCUT2D eigenvalue weighted by Gasteiger charge is -2.16. The molecular formula is C20H19NO4S. The summed E-state index contributed by atoms with van der Waals surface area (Å²) < 4.78 is 10.8. The van der Waals surface area contributed by atoms with Crippen LogP contribution in [-0.2, 0) is 4.79 Å². The largest absolute Gasteiger partial charge is 0.497 e. The van der Waals surface area contributed by atoms with Gasteiger partial charge in [-0.2, -0.15) is 0 Å². The van der Waals surface area contributed by atoms with Gasteiger partial charge < -0.3 is 14.6 Å². The quantitative estimate of drug-likeness (QED) is 0.667. The van der Waals surface area contributed by atoms with E-state index in [4.69, 9.17) is 9.47 Å². The maximum atomic E-state index is 11.4. The number of thiazole rings is 1. The summed E-state index contributed by atoms with van der Waals surface area (Å²) in [4.78, 5) is 15.7. The van der Waals surface area contributed by atoms with E-state index in [1.165, 1.54) is 11.3 Å². The van der Waals surface area contributed by atoms with Gasteiger partial charge in [0.1, 0.15) is 16.5 Å². The van der Waals surface area contributed by atoms with Gasteiger partial charge in [-0.25, -0.2) is 4.98 Å². The highest BCUT2D eigenvalue weighted by molar-refractivity contribution is 7.09. The van der Waals surface area contributed by atoms with Crippen LogP contribution >= 0.6 is 11.3 Å². The zero-order chi connectivity index (χ0) is 18.5. The van der Waals surface area contributed by atoms with Crippen LogP contribution in [-0.4, -0.2) is 30.3 Å². The van der Waals surface area contributed by atoms with E-state index in [1.54, 1.807) is 20.4 Å². The molecule has 0 aliphatic heterocycles. The molecule has 0 aliphatic rings. The number of aliphatic carboxylic acids is 1. The maximum absolute atomic E-state index is 11.4. The molecule has 0 radical (unpaired) electrons. The Labute approximate surface area is 155 Å². The monoisotopic (exact) mass is 369 g/mol. The van der Waals surface area contributed by atoms with Crippen molar-refractivity contribution >= 4 is 17.3 Å². The second-order valence-corrected chi connectivity index (χ2v) is 6.64. The lowest BCUT2D eigenvalue weighted by Crippen LogP contribution is -2.08. The molecule has 6 heteroatoms. The van der Waals surface area contributed by atoms with E-state index in [0.29, 0.717) is 0 Å². The number of rotatable bonds is 7. The van der Waals surface area contributed by atoms with E-state index in [2.05, 4.69) is 4.98 Å². The minimum atomic E-state index is -0.852. The summed E-state index contributed by atoms with van der Waals surface area (Å²) in [5.74, 6) is 0.318. The molecule has 0 amide bonds. The fourth-order valence-corrected chi connectivity index (χ4v) is 3.66. The smallest absolute Gasteiger partial charge is 0.304 e. The molecular weight excluding hydrogens is 350 g/mol. The molecule has 0 aliphatic carbocycles. The fraction of sp³-hybridized carbons (Fsp3) is 0.200. The third-order valence-corrected chi connectivity index (χ3v) is 5.02. The van der Waals surface area contributed by atoms with Crippen molar-refractivity contribution < 1.29 is 19.4 Å². The van der Waals surface area contributed by atoms with E-state index in [0.717, 1.165) is 33.2 Å². The fourth-order valence-electron chi connectivity index (χ4n) is 2.89. The molecule has 3 aromatic rings. The maximum Gasteiger partial charge on any atom is 0.304 e. The van der Waals surface area contributed by atoms with Crippen molar-refractivity contribution in [3.63, 3.8) is 0 Å². The van der Waals surface area contributed by atoms with E-state index in [-0.39, 0.29) is 12.3 Å². The summed E-state index contributed by atoms with van der Waals surface area (Å²) >= 11 is 1.46. The van der Waals surface area contributed by atoms with Gasteiger partial charge in [-0.05, 0) is 29.3 Å². The van der Waals surface area contributed by atoms with Gasteiger partial charge in [0.2, 0.25) is 0 Å². The molecule has 3 rings (SSSR count). The number of ether oxygens (including phenoxy) is 2. The van der Waals surface area contributed by atoms with Crippen LogP contribution in [0, 0.1) is 0 Å². The zero-order valence-corrected chi connectivity index (χ0v) is 15.3. The van der Waals surface area contributed by atoms with Crippen LogP contribution in [0.2, 0.25) is 0 Å². The third-order valence-electron chi connectivity index (χ3n) is 4.13. The molecule has 1 heterocycles. The summed E-state index contributed by atoms with van der Waals surface area (Å²) in [6, 6.07) is 13.4. The van der Waals surface area contributed by atoms with E-state index in [1.807, 2.05) is 47.8 Å². The first-order valence-corrected chi connectivity index (χ1v) is 8.94. The van der Waals surface area contributed by atoms with Gasteiger partial charge in [-0.1, -0.05) is 24.3 Å². The standard InChI is InChI=1S/C20H19NO4S/c1-24-15-6-7-18(25-2)16(11-15)13-4-3-5-14(10-13)17(12-19(22)23)20-21-8-9-26-20/h3-11,17H,12H2,1-2H3,(H,22,23). The van der Waals surface area contributed by atoms with Gasteiger partial charge in [0.25, 0.3) is 0 Å². The van der Waals surface area contributed by atoms with Crippen molar-refractivity contribution in [2.75, 3.05) is 14.2 Å². The number of carboxylic acids is 1. The summed E-state index contributed by atoms with van der Waals surface area (Å²) in [6.07, 6.45) is 1.69. The first-order chi connectivity index (χ1) is 12.6. The highest BCUT2D eigenvalue weighted by Gasteiger charge is 2.21. The van der Waals surface area contributed by atoms with Gasteiger partial charge in [0.15, 0.2) is 0 Å². The number of benzene rings is 2. The Morgan fingerprint density at radius 3 is 2.69 bits per heavy atom. The van der Waals surface area contributed by atoms with E-state index in [9.17, 15) is 9.90 Å². The normalized spacial score (nSPS) is 11.8. The molecule has 1 atom stereocenters. The molecule has 1 aromatic heterocycles. The van der Waals surface area contributed by atoms with Crippen molar-refractivity contribution in [2.24, 2.45) is 0 Å². The SMILES string of the molecule is COc1ccc(OC)c(-c2cccc(C(CC(=O)O)c3nccs3)c2)c1. The van der Waals surface area contributed by atoms with Crippen LogP contribution in [0.4, 0.5) is 0 Å². The van der Waals surface area contributed by atoms with Crippen LogP contribution in [0.15, 0.2) is 54.0 Å². The van der Waals surface area contributed by atoms with Crippen LogP contribution in [0.25, 0.3) is 11.1 Å². The Morgan fingerprint density at radius 2 is 2.04 bits per heavy atom. The highest BCUT2D eigenvalue weighted by Crippen LogP contribution is 2.36. The van der Waals surface area contributed by atoms with Gasteiger partial charge in [-0.15, -0.1) is 11.3 Å². The number of methoxy groups -OCH3 is 2. The van der Waals surface area contributed by atoms with Gasteiger partial charge >= 0.3 is 5.97 Å². The Balaban J connectivity index is 2.06. The number of hydrogen-bond acceptors (Lipinski definition) is 5. The van der Waals surface area contributed by atoms with Gasteiger partial charge in [0.05, 0.1) is 20.6 Å². The molecule has 2 aromatic carbocycles. The lowest BCUT2D eigenvalue weighted by molar-refractivity contribution is -0.137. The van der Waals surface area contributed by atoms with E-state index < -0.39 is 5.97 Å². The second-order valence-electron chi connectivity index (χ2n) is 5.71. The van der Waals surface area contributed by atoms with Crippen LogP contribution < -0.4 is 9.47 Å². The summed E-state index contributed by atoms with van der Waals surface area (Å²) in [6.45, 7) is 0. The van der Waals surface area contributed by atoms with Crippen molar-refractivity contribution in [2.45, 2.75) is 12.3 Å². The molecule has 1 N–H and O–H groups in total. The van der Waals surface area contributed by atoms with Crippen LogP contribution in [0.1, 0.15) is 22.9 Å². The van der Waals surface area contributed by atoms with Crippen molar-refractivity contribution in [1.29, 1.82) is 0 Å². The molecule has 5 nitrogen and oxygen atoms in total. The molecule has 0 fully saturated rings. The van der Waals surface area contributed by atoms with Crippen molar-refractivity contribution in [3.8, 4) is 22.6 Å². The summed E-state index contributed by atoms with van der Waals surface area (Å²) in [5.41, 5.74) is 2.73. The minimum absolute atomic E-state index is 0.00773. The van der Waals surface area contributed by atoms with Crippen LogP contribution in [0.5, 0.6) is 11.5 Å². The Hall–Kier alpha value is -2.86. The lowest BCUT2D eigenvalue weighted by atomic mass is 9.92. The topological polar surface area (TPSA) is 68.7 Å². The average molecular weight is 369 g/mol. The Bertz CT molecular complexity index is 893. The van der Waals surface area contributed by atoms with E-state index >= 15 is 0 Å². The summed E-state index contributed by atoms with van der Waals surface area (Å²) in [7, 11) is 3.24. The minimum Gasteiger partial charge on any atom is -0.497 e. The Morgan fingerprint density at radius 1 is 1.19 bits per heavy atom. The molecule has 26 heavy (non-hydrogen) atoms. The first-order valence-electron chi connectivity index (χ1n) is 8.06. The molecule has 134 valence electrons. The third kappa shape index (κ3) is 3.86. The number of carbonyl (C=O) groups is 1. The molecule has 0 spiro atoms. The zero-order valence-electron chi connectivity index (χ0n) is 14.5. The predicted molar refractivity (Wildman–Crippen MR) is 101 cm³/mol. The Kier molecular flexibility index (Phi) is 5.53. The summed E-state index contributed by atoms with van der Waals surface area (Å²) in [5, 5.41) is 12.0. The first kappa shape index (κ1) is 17.9. The second kappa shape index (κ2) is 8.01. The van der Waals surface area contributed by atoms with Gasteiger partial charge in [-0.3, -0.25) is 4.79 Å². The van der Waals surface area contributed by atoms with Crippen molar-refractivity contribution in [1.82, 2.24) is 4.98 Å². The molecule has 0 bridgehead atoms. The number of hydrogen-bond donors (Lipinski definition) is 1. The number of aromatic nitrogens is 1. The van der Waals surface area contributed by atoms with Gasteiger partial charge in [0, 0.05) is 23.1 Å². The number of nitrogens with zero attached hydrogens (tertiary/aromatic N) is 1. The molecule has 0 saturated heterocycles. The van der Waals surface area contributed by atoms with Crippen LogP contribution in [0.3, 0.4) is 0 Å². The molecule has 1 unspecified atom stereocenters. The average Bonchev–Trinajstić information content (AvgIpc) is 3.20. The van der Waals surface area contributed by atoms with Crippen molar-refractivity contribution in [3.05, 3.63) is 64.6 Å². The predicted octanol–water partition coefficient (Wildman–Crippen LogP) is 4.43. The molecule has 0 saturated carbocycles. The number of carboxylic acid groups (broad SMARTS) is 1.